The minimum absolute atomic E-state index is 0.0465. The van der Waals surface area contributed by atoms with Crippen LogP contribution in [0.25, 0.3) is 0 Å². The van der Waals surface area contributed by atoms with Crippen molar-refractivity contribution in [3.05, 3.63) is 28.5 Å². The zero-order valence-corrected chi connectivity index (χ0v) is 10.6. The summed E-state index contributed by atoms with van der Waals surface area (Å²) >= 11 is 0. The first-order valence-corrected chi connectivity index (χ1v) is 5.41. The number of carbonyl (C=O) groups excluding carboxylic acids is 2. The van der Waals surface area contributed by atoms with E-state index in [-0.39, 0.29) is 33.9 Å². The maximum atomic E-state index is 12.1. The summed E-state index contributed by atoms with van der Waals surface area (Å²) in [6.45, 7) is 1.47. The minimum atomic E-state index is -0.678. The van der Waals surface area contributed by atoms with E-state index in [1.807, 2.05) is 0 Å². The molecule has 0 saturated carbocycles. The number of ketones is 2. The van der Waals surface area contributed by atoms with Crippen molar-refractivity contribution in [3.63, 3.8) is 0 Å². The van der Waals surface area contributed by atoms with E-state index in [9.17, 15) is 19.8 Å². The molecule has 0 radical (unpaired) electrons. The molecule has 100 valence electrons. The summed E-state index contributed by atoms with van der Waals surface area (Å²) < 4.78 is 9.73. The van der Waals surface area contributed by atoms with E-state index in [1.54, 1.807) is 0 Å². The van der Waals surface area contributed by atoms with Crippen molar-refractivity contribution in [3.8, 4) is 17.2 Å². The molecule has 6 heteroatoms. The van der Waals surface area contributed by atoms with Crippen molar-refractivity contribution in [2.75, 3.05) is 14.2 Å². The Labute approximate surface area is 108 Å². The number of allylic oxidation sites excluding steroid dienone is 2. The van der Waals surface area contributed by atoms with Crippen LogP contribution in [0.15, 0.2) is 11.8 Å². The van der Waals surface area contributed by atoms with Gasteiger partial charge in [0.05, 0.1) is 25.3 Å². The molecule has 0 atom stereocenters. The fraction of sp³-hybridized carbons (Fsp3) is 0.231. The van der Waals surface area contributed by atoms with Gasteiger partial charge in [-0.1, -0.05) is 0 Å². The maximum absolute atomic E-state index is 12.1. The van der Waals surface area contributed by atoms with Crippen LogP contribution in [-0.4, -0.2) is 36.0 Å². The topological polar surface area (TPSA) is 93.1 Å². The standard InChI is InChI=1S/C13H12O6/c1-5-10(15)8-6(14)4-7(18-2)11(16)9(8)12(17)13(5)19-3/h4,15,17H,1-3H3. The summed E-state index contributed by atoms with van der Waals surface area (Å²) in [5.74, 6) is -2.38. The normalized spacial score (nSPS) is 13.9. The third-order valence-electron chi connectivity index (χ3n) is 3.02. The largest absolute Gasteiger partial charge is 0.507 e. The highest BCUT2D eigenvalue weighted by molar-refractivity contribution is 6.26. The van der Waals surface area contributed by atoms with Crippen LogP contribution in [0.5, 0.6) is 17.2 Å². The van der Waals surface area contributed by atoms with Gasteiger partial charge in [0, 0.05) is 11.6 Å². The third kappa shape index (κ3) is 1.64. The minimum Gasteiger partial charge on any atom is -0.507 e. The predicted octanol–water partition coefficient (Wildman–Crippen LogP) is 1.32. The Bertz CT molecular complexity index is 627. The highest BCUT2D eigenvalue weighted by atomic mass is 16.5. The highest BCUT2D eigenvalue weighted by Gasteiger charge is 2.35. The van der Waals surface area contributed by atoms with E-state index in [4.69, 9.17) is 9.47 Å². The molecule has 0 aromatic heterocycles. The van der Waals surface area contributed by atoms with Gasteiger partial charge >= 0.3 is 0 Å². The van der Waals surface area contributed by atoms with Gasteiger partial charge in [-0.2, -0.15) is 0 Å². The summed E-state index contributed by atoms with van der Waals surface area (Å²) in [7, 11) is 2.53. The molecule has 2 rings (SSSR count). The lowest BCUT2D eigenvalue weighted by atomic mass is 9.89. The molecule has 0 fully saturated rings. The second-order valence-corrected chi connectivity index (χ2v) is 4.01. The van der Waals surface area contributed by atoms with Crippen LogP contribution in [0.4, 0.5) is 0 Å². The van der Waals surface area contributed by atoms with Crippen molar-refractivity contribution >= 4 is 11.6 Å². The quantitative estimate of drug-likeness (QED) is 0.782. The molecule has 0 amide bonds. The number of hydrogen-bond acceptors (Lipinski definition) is 6. The van der Waals surface area contributed by atoms with Gasteiger partial charge < -0.3 is 19.7 Å². The van der Waals surface area contributed by atoms with Crippen molar-refractivity contribution < 1.29 is 29.3 Å². The van der Waals surface area contributed by atoms with Crippen LogP contribution in [-0.2, 0) is 4.74 Å². The van der Waals surface area contributed by atoms with Crippen LogP contribution in [0.2, 0.25) is 0 Å². The molecule has 1 aliphatic carbocycles. The average molecular weight is 264 g/mol. The number of phenols is 2. The van der Waals surface area contributed by atoms with E-state index in [0.717, 1.165) is 6.08 Å². The number of benzene rings is 1. The molecule has 1 aliphatic rings. The lowest BCUT2D eigenvalue weighted by molar-refractivity contribution is 0.0911. The Kier molecular flexibility index (Phi) is 2.94. The van der Waals surface area contributed by atoms with Gasteiger partial charge in [0.15, 0.2) is 23.0 Å². The van der Waals surface area contributed by atoms with Crippen molar-refractivity contribution in [1.82, 2.24) is 0 Å². The zero-order chi connectivity index (χ0) is 14.3. The Morgan fingerprint density at radius 3 is 2.16 bits per heavy atom. The van der Waals surface area contributed by atoms with E-state index >= 15 is 0 Å². The summed E-state index contributed by atoms with van der Waals surface area (Å²) in [4.78, 5) is 24.0. The molecule has 1 aromatic rings. The number of methoxy groups -OCH3 is 2. The van der Waals surface area contributed by atoms with Crippen LogP contribution in [0.3, 0.4) is 0 Å². The number of Topliss-reactive ketones (excluding diaryl/α,β-unsaturated/α-hetero) is 1. The summed E-state index contributed by atoms with van der Waals surface area (Å²) in [6.07, 6.45) is 0.982. The lowest BCUT2D eigenvalue weighted by Gasteiger charge is -2.20. The van der Waals surface area contributed by atoms with Crippen molar-refractivity contribution in [2.24, 2.45) is 0 Å². The zero-order valence-electron chi connectivity index (χ0n) is 10.6. The Morgan fingerprint density at radius 2 is 1.63 bits per heavy atom. The van der Waals surface area contributed by atoms with E-state index < -0.39 is 17.3 Å². The van der Waals surface area contributed by atoms with Gasteiger partial charge in [-0.25, -0.2) is 0 Å². The first-order chi connectivity index (χ1) is 8.93. The van der Waals surface area contributed by atoms with Gasteiger partial charge in [-0.05, 0) is 6.92 Å². The van der Waals surface area contributed by atoms with Gasteiger partial charge in [-0.3, -0.25) is 9.59 Å². The molecule has 2 N–H and O–H groups in total. The molecule has 0 bridgehead atoms. The SMILES string of the molecule is COC1=CC(=O)c2c(O)c(C)c(OC)c(O)c2C1=O. The monoisotopic (exact) mass is 264 g/mol. The number of hydrogen-bond donors (Lipinski definition) is 2. The Morgan fingerprint density at radius 1 is 1.00 bits per heavy atom. The molecule has 0 unspecified atom stereocenters. The number of fused-ring (bicyclic) bond motifs is 1. The fourth-order valence-electron chi connectivity index (χ4n) is 2.07. The third-order valence-corrected chi connectivity index (χ3v) is 3.02. The molecule has 6 nitrogen and oxygen atoms in total. The average Bonchev–Trinajstić information content (AvgIpc) is 2.38. The summed E-state index contributed by atoms with van der Waals surface area (Å²) in [5.41, 5.74) is -0.347. The van der Waals surface area contributed by atoms with E-state index in [1.165, 1.54) is 21.1 Å². The fourth-order valence-corrected chi connectivity index (χ4v) is 2.07. The van der Waals surface area contributed by atoms with E-state index in [2.05, 4.69) is 0 Å². The van der Waals surface area contributed by atoms with Gasteiger partial charge in [0.1, 0.15) is 5.75 Å². The van der Waals surface area contributed by atoms with Crippen LogP contribution in [0, 0.1) is 6.92 Å². The Hall–Kier alpha value is -2.50. The first kappa shape index (κ1) is 12.9. The summed E-state index contributed by atoms with van der Waals surface area (Å²) in [6, 6.07) is 0. The second kappa shape index (κ2) is 4.31. The number of ether oxygens (including phenoxy) is 2. The predicted molar refractivity (Wildman–Crippen MR) is 64.8 cm³/mol. The highest BCUT2D eigenvalue weighted by Crippen LogP contribution is 2.45. The molecule has 0 heterocycles. The molecule has 0 aliphatic heterocycles. The molecule has 19 heavy (non-hydrogen) atoms. The Balaban J connectivity index is 2.86. The number of phenolic OH excluding ortho intramolecular Hbond substituents is 2. The van der Waals surface area contributed by atoms with Crippen LogP contribution in [0.1, 0.15) is 26.3 Å². The lowest BCUT2D eigenvalue weighted by Crippen LogP contribution is -2.19. The second-order valence-electron chi connectivity index (χ2n) is 4.01. The molecule has 1 aromatic carbocycles. The maximum Gasteiger partial charge on any atom is 0.232 e. The van der Waals surface area contributed by atoms with Gasteiger partial charge in [-0.15, -0.1) is 0 Å². The molecule has 0 spiro atoms. The smallest absolute Gasteiger partial charge is 0.232 e. The molecule has 0 saturated heterocycles. The number of carbonyl (C=O) groups is 2. The number of aromatic hydroxyl groups is 2. The van der Waals surface area contributed by atoms with E-state index in [0.29, 0.717) is 0 Å². The van der Waals surface area contributed by atoms with Crippen LogP contribution >= 0.6 is 0 Å². The van der Waals surface area contributed by atoms with Gasteiger partial charge in [0.2, 0.25) is 5.78 Å². The molecular weight excluding hydrogens is 252 g/mol. The first-order valence-electron chi connectivity index (χ1n) is 5.41. The van der Waals surface area contributed by atoms with Crippen molar-refractivity contribution in [1.29, 1.82) is 0 Å². The van der Waals surface area contributed by atoms with Crippen LogP contribution < -0.4 is 4.74 Å². The summed E-state index contributed by atoms with van der Waals surface area (Å²) in [5, 5.41) is 20.0. The van der Waals surface area contributed by atoms with Gasteiger partial charge in [0.25, 0.3) is 0 Å². The number of rotatable bonds is 2. The van der Waals surface area contributed by atoms with Crippen molar-refractivity contribution in [2.45, 2.75) is 6.92 Å². The molecular formula is C13H12O6.